The van der Waals surface area contributed by atoms with Crippen LogP contribution in [-0.2, 0) is 11.2 Å². The minimum atomic E-state index is -1.37. The maximum absolute atomic E-state index is 12.2. The molecule has 1 aliphatic heterocycles. The van der Waals surface area contributed by atoms with Crippen LogP contribution < -0.4 is 4.90 Å². The van der Waals surface area contributed by atoms with E-state index in [1.54, 1.807) is 6.92 Å². The van der Waals surface area contributed by atoms with Gasteiger partial charge in [-0.1, -0.05) is 84.9 Å². The maximum Gasteiger partial charge on any atom is 0.120 e. The molecule has 1 aliphatic rings. The molecule has 2 atom stereocenters. The van der Waals surface area contributed by atoms with Crippen molar-refractivity contribution in [1.29, 1.82) is 0 Å². The van der Waals surface area contributed by atoms with Crippen LogP contribution in [0.5, 0.6) is 0 Å². The van der Waals surface area contributed by atoms with Crippen LogP contribution in [0.15, 0.2) is 109 Å². The highest BCUT2D eigenvalue weighted by atomic mass is 16.3. The Morgan fingerprint density at radius 3 is 1.74 bits per heavy atom. The third kappa shape index (κ3) is 3.23. The molecular formula is C28H25NO2. The summed E-state index contributed by atoms with van der Waals surface area (Å²) in [6, 6.07) is 35.5. The van der Waals surface area contributed by atoms with E-state index in [0.29, 0.717) is 0 Å². The van der Waals surface area contributed by atoms with Crippen LogP contribution in [0.1, 0.15) is 30.0 Å². The van der Waals surface area contributed by atoms with Crippen molar-refractivity contribution < 1.29 is 10.2 Å². The van der Waals surface area contributed by atoms with Gasteiger partial charge in [0.2, 0.25) is 0 Å². The van der Waals surface area contributed by atoms with E-state index < -0.39 is 11.2 Å². The summed E-state index contributed by atoms with van der Waals surface area (Å²) in [4.78, 5) is 2.13. The highest BCUT2D eigenvalue weighted by Gasteiger charge is 2.45. The fourth-order valence-corrected chi connectivity index (χ4v) is 4.79. The van der Waals surface area contributed by atoms with Gasteiger partial charge in [0, 0.05) is 23.2 Å². The molecule has 4 aromatic rings. The van der Waals surface area contributed by atoms with Crippen LogP contribution in [0.25, 0.3) is 0 Å². The number of nitrogens with zero attached hydrogens (tertiary/aromatic N) is 1. The highest BCUT2D eigenvalue weighted by Crippen LogP contribution is 2.51. The van der Waals surface area contributed by atoms with Gasteiger partial charge in [0.05, 0.1) is 17.0 Å². The number of rotatable bonds is 2. The molecule has 31 heavy (non-hydrogen) atoms. The smallest absolute Gasteiger partial charge is 0.120 e. The summed E-state index contributed by atoms with van der Waals surface area (Å²) in [5, 5.41) is 24.0. The topological polar surface area (TPSA) is 43.7 Å². The molecular weight excluding hydrogens is 382 g/mol. The summed E-state index contributed by atoms with van der Waals surface area (Å²) in [5.74, 6) is 0. The molecule has 2 N–H and O–H groups in total. The maximum atomic E-state index is 12.2. The highest BCUT2D eigenvalue weighted by molar-refractivity contribution is 5.82. The van der Waals surface area contributed by atoms with Crippen molar-refractivity contribution >= 4 is 17.1 Å². The van der Waals surface area contributed by atoms with Gasteiger partial charge in [-0.05, 0) is 36.8 Å². The minimum Gasteiger partial charge on any atom is -0.385 e. The van der Waals surface area contributed by atoms with Crippen molar-refractivity contribution in [3.05, 3.63) is 126 Å². The van der Waals surface area contributed by atoms with Crippen LogP contribution in [0.2, 0.25) is 0 Å². The predicted molar refractivity (Wildman–Crippen MR) is 125 cm³/mol. The molecule has 0 saturated carbocycles. The predicted octanol–water partition coefficient (Wildman–Crippen LogP) is 6.00. The zero-order valence-corrected chi connectivity index (χ0v) is 17.4. The second kappa shape index (κ2) is 7.38. The summed E-state index contributed by atoms with van der Waals surface area (Å²) >= 11 is 0. The van der Waals surface area contributed by atoms with Gasteiger partial charge in [-0.25, -0.2) is 0 Å². The molecule has 3 nitrogen and oxygen atoms in total. The molecule has 0 spiro atoms. The van der Waals surface area contributed by atoms with Gasteiger partial charge >= 0.3 is 0 Å². The van der Waals surface area contributed by atoms with E-state index in [1.165, 1.54) is 0 Å². The standard InChI is InChI=1S/C28H25NO2/c1-27(30)20-28(31,21-12-4-2-5-13-21)24-17-9-11-19-26(24)29(22-14-6-3-7-15-22)25-18-10-8-16-23(25)27/h2-19,30-31H,20H2,1H3. The molecule has 0 bridgehead atoms. The number of hydrogen-bond donors (Lipinski definition) is 2. The number of anilines is 3. The number of aliphatic hydroxyl groups is 2. The first-order valence-electron chi connectivity index (χ1n) is 10.6. The Bertz CT molecular complexity index is 1200. The first kappa shape index (κ1) is 19.6. The molecule has 3 heteroatoms. The second-order valence-electron chi connectivity index (χ2n) is 8.38. The van der Waals surface area contributed by atoms with Crippen molar-refractivity contribution in [3.63, 3.8) is 0 Å². The van der Waals surface area contributed by atoms with Crippen molar-refractivity contribution in [2.45, 2.75) is 24.5 Å². The van der Waals surface area contributed by atoms with E-state index in [-0.39, 0.29) is 6.42 Å². The lowest BCUT2D eigenvalue weighted by atomic mass is 9.73. The average molecular weight is 408 g/mol. The molecule has 1 heterocycles. The fourth-order valence-electron chi connectivity index (χ4n) is 4.79. The third-order valence-corrected chi connectivity index (χ3v) is 6.18. The number of fused-ring (bicyclic) bond motifs is 2. The summed E-state index contributed by atoms with van der Waals surface area (Å²) in [6.07, 6.45) is 0.140. The van der Waals surface area contributed by atoms with Crippen LogP contribution in [0, 0.1) is 0 Å². The molecule has 154 valence electrons. The molecule has 2 unspecified atom stereocenters. The Kier molecular flexibility index (Phi) is 4.66. The molecule has 0 fully saturated rings. The summed E-state index contributed by atoms with van der Waals surface area (Å²) in [5.41, 5.74) is 2.43. The van der Waals surface area contributed by atoms with E-state index in [2.05, 4.69) is 4.90 Å². The Hall–Kier alpha value is -3.40. The van der Waals surface area contributed by atoms with Gasteiger partial charge in [0.1, 0.15) is 5.60 Å². The second-order valence-corrected chi connectivity index (χ2v) is 8.38. The quantitative estimate of drug-likeness (QED) is 0.428. The Balaban J connectivity index is 1.88. The van der Waals surface area contributed by atoms with E-state index in [1.807, 2.05) is 109 Å². The van der Waals surface area contributed by atoms with E-state index >= 15 is 0 Å². The zero-order valence-electron chi connectivity index (χ0n) is 17.4. The van der Waals surface area contributed by atoms with Crippen LogP contribution in [-0.4, -0.2) is 10.2 Å². The van der Waals surface area contributed by atoms with Gasteiger partial charge < -0.3 is 15.1 Å². The van der Waals surface area contributed by atoms with Crippen molar-refractivity contribution in [2.24, 2.45) is 0 Å². The number of hydrogen-bond acceptors (Lipinski definition) is 3. The molecule has 0 aliphatic carbocycles. The van der Waals surface area contributed by atoms with E-state index in [0.717, 1.165) is 33.8 Å². The van der Waals surface area contributed by atoms with E-state index in [9.17, 15) is 10.2 Å². The van der Waals surface area contributed by atoms with Gasteiger partial charge in [-0.3, -0.25) is 0 Å². The molecule has 5 rings (SSSR count). The van der Waals surface area contributed by atoms with Crippen molar-refractivity contribution in [3.8, 4) is 0 Å². The lowest BCUT2D eigenvalue weighted by Crippen LogP contribution is -2.40. The minimum absolute atomic E-state index is 0.140. The molecule has 4 aromatic carbocycles. The molecule has 0 aromatic heterocycles. The van der Waals surface area contributed by atoms with Gasteiger partial charge in [0.15, 0.2) is 0 Å². The molecule has 0 radical (unpaired) electrons. The van der Waals surface area contributed by atoms with Gasteiger partial charge in [-0.2, -0.15) is 0 Å². The summed E-state index contributed by atoms with van der Waals surface area (Å²) < 4.78 is 0. The Labute approximate surface area is 182 Å². The van der Waals surface area contributed by atoms with Crippen LogP contribution in [0.3, 0.4) is 0 Å². The normalized spacial score (nSPS) is 22.7. The van der Waals surface area contributed by atoms with Gasteiger partial charge in [0.25, 0.3) is 0 Å². The zero-order chi connectivity index (χ0) is 21.5. The summed E-state index contributed by atoms with van der Waals surface area (Å²) in [7, 11) is 0. The number of para-hydroxylation sites is 3. The fraction of sp³-hybridized carbons (Fsp3) is 0.143. The number of benzene rings is 4. The van der Waals surface area contributed by atoms with Gasteiger partial charge in [-0.15, -0.1) is 0 Å². The van der Waals surface area contributed by atoms with Crippen LogP contribution in [0.4, 0.5) is 17.1 Å². The Morgan fingerprint density at radius 1 is 0.613 bits per heavy atom. The van der Waals surface area contributed by atoms with E-state index in [4.69, 9.17) is 0 Å². The molecule has 0 saturated heterocycles. The first-order valence-corrected chi connectivity index (χ1v) is 10.6. The monoisotopic (exact) mass is 407 g/mol. The average Bonchev–Trinajstić information content (AvgIpc) is 2.80. The summed E-state index contributed by atoms with van der Waals surface area (Å²) in [6.45, 7) is 1.79. The SMILES string of the molecule is CC1(O)CC(O)(c2ccccc2)c2ccccc2N(c2ccccc2)c2ccccc21. The van der Waals surface area contributed by atoms with Crippen molar-refractivity contribution in [1.82, 2.24) is 0 Å². The Morgan fingerprint density at radius 2 is 1.10 bits per heavy atom. The van der Waals surface area contributed by atoms with Crippen LogP contribution >= 0.6 is 0 Å². The largest absolute Gasteiger partial charge is 0.385 e. The first-order chi connectivity index (χ1) is 15.0. The lowest BCUT2D eigenvalue weighted by molar-refractivity contribution is -0.0406. The lowest BCUT2D eigenvalue weighted by Gasteiger charge is -2.43. The van der Waals surface area contributed by atoms with Crippen molar-refractivity contribution in [2.75, 3.05) is 4.90 Å². The molecule has 0 amide bonds. The third-order valence-electron chi connectivity index (χ3n) is 6.18.